The number of anilines is 1. The zero-order chi connectivity index (χ0) is 22.5. The maximum absolute atomic E-state index is 12.7. The van der Waals surface area contributed by atoms with Crippen LogP contribution in [0.5, 0.6) is 0 Å². The second-order valence-corrected chi connectivity index (χ2v) is 8.23. The van der Waals surface area contributed by atoms with Gasteiger partial charge in [-0.05, 0) is 68.9 Å². The van der Waals surface area contributed by atoms with Crippen LogP contribution in [0.4, 0.5) is 5.69 Å². The van der Waals surface area contributed by atoms with Crippen LogP contribution < -0.4 is 10.9 Å². The van der Waals surface area contributed by atoms with Gasteiger partial charge in [-0.15, -0.1) is 0 Å². The van der Waals surface area contributed by atoms with Crippen LogP contribution >= 0.6 is 0 Å². The number of ether oxygens (including phenoxy) is 1. The number of carbonyl (C=O) groups excluding carboxylic acids is 2. The summed E-state index contributed by atoms with van der Waals surface area (Å²) in [4.78, 5) is 41.8. The van der Waals surface area contributed by atoms with Crippen molar-refractivity contribution in [3.8, 4) is 0 Å². The van der Waals surface area contributed by atoms with E-state index in [1.54, 1.807) is 48.1 Å². The molecule has 1 amide bonds. The highest BCUT2D eigenvalue weighted by atomic mass is 16.5. The van der Waals surface area contributed by atoms with Gasteiger partial charge >= 0.3 is 5.97 Å². The number of fused-ring (bicyclic) bond motifs is 1. The first kappa shape index (κ1) is 21.7. The quantitative estimate of drug-likeness (QED) is 0.593. The van der Waals surface area contributed by atoms with E-state index in [1.165, 1.54) is 0 Å². The third-order valence-electron chi connectivity index (χ3n) is 6.05. The number of hydrogen-bond acceptors (Lipinski definition) is 5. The molecule has 1 saturated carbocycles. The summed E-state index contributed by atoms with van der Waals surface area (Å²) in [6, 6.07) is 14.2. The maximum atomic E-state index is 12.7. The lowest BCUT2D eigenvalue weighted by Gasteiger charge is -2.28. The second-order valence-electron chi connectivity index (χ2n) is 8.23. The van der Waals surface area contributed by atoms with Crippen molar-refractivity contribution < 1.29 is 14.3 Å². The summed E-state index contributed by atoms with van der Waals surface area (Å²) in [5.41, 5.74) is 1.71. The smallest absolute Gasteiger partial charge is 0.338 e. The summed E-state index contributed by atoms with van der Waals surface area (Å²) >= 11 is 0. The van der Waals surface area contributed by atoms with Gasteiger partial charge in [0.1, 0.15) is 0 Å². The Bertz CT molecular complexity index is 1180. The molecular formula is C25H27N3O4. The van der Waals surface area contributed by atoms with Gasteiger partial charge in [-0.1, -0.05) is 18.2 Å². The first-order valence-electron chi connectivity index (χ1n) is 11.1. The number of para-hydroxylation sites is 1. The van der Waals surface area contributed by atoms with E-state index in [0.29, 0.717) is 41.2 Å². The number of aromatic nitrogens is 2. The molecule has 166 valence electrons. The van der Waals surface area contributed by atoms with Gasteiger partial charge < -0.3 is 10.1 Å². The van der Waals surface area contributed by atoms with E-state index in [4.69, 9.17) is 4.74 Å². The van der Waals surface area contributed by atoms with Gasteiger partial charge in [0, 0.05) is 18.2 Å². The number of amides is 1. The highest BCUT2D eigenvalue weighted by Crippen LogP contribution is 2.30. The first-order valence-corrected chi connectivity index (χ1v) is 11.1. The normalized spacial score (nSPS) is 18.3. The van der Waals surface area contributed by atoms with Crippen LogP contribution in [0.3, 0.4) is 0 Å². The van der Waals surface area contributed by atoms with Gasteiger partial charge in [-0.25, -0.2) is 9.78 Å². The molecule has 1 heterocycles. The molecule has 0 spiro atoms. The minimum Gasteiger partial charge on any atom is -0.462 e. The lowest BCUT2D eigenvalue weighted by atomic mass is 9.81. The van der Waals surface area contributed by atoms with Crippen molar-refractivity contribution in [2.24, 2.45) is 11.8 Å². The Morgan fingerprint density at radius 3 is 2.66 bits per heavy atom. The third-order valence-corrected chi connectivity index (χ3v) is 6.05. The Morgan fingerprint density at radius 2 is 1.88 bits per heavy atom. The number of rotatable bonds is 6. The van der Waals surface area contributed by atoms with Crippen molar-refractivity contribution >= 4 is 28.5 Å². The van der Waals surface area contributed by atoms with Crippen molar-refractivity contribution in [2.45, 2.75) is 39.2 Å². The zero-order valence-electron chi connectivity index (χ0n) is 18.1. The average Bonchev–Trinajstić information content (AvgIpc) is 2.82. The largest absolute Gasteiger partial charge is 0.462 e. The molecule has 1 aliphatic rings. The predicted molar refractivity (Wildman–Crippen MR) is 122 cm³/mol. The molecule has 0 aliphatic heterocycles. The van der Waals surface area contributed by atoms with Crippen LogP contribution in [0.1, 0.15) is 43.0 Å². The topological polar surface area (TPSA) is 90.3 Å². The van der Waals surface area contributed by atoms with E-state index in [0.717, 1.165) is 25.7 Å². The van der Waals surface area contributed by atoms with Crippen LogP contribution in [-0.2, 0) is 16.1 Å². The van der Waals surface area contributed by atoms with Crippen molar-refractivity contribution in [2.75, 3.05) is 11.9 Å². The number of hydrogen-bond donors (Lipinski definition) is 1. The Kier molecular flexibility index (Phi) is 6.63. The zero-order valence-corrected chi connectivity index (χ0v) is 18.1. The highest BCUT2D eigenvalue weighted by Gasteiger charge is 2.27. The van der Waals surface area contributed by atoms with Gasteiger partial charge in [0.25, 0.3) is 5.56 Å². The molecule has 7 heteroatoms. The highest BCUT2D eigenvalue weighted by molar-refractivity contribution is 5.95. The number of nitrogens with one attached hydrogen (secondary N) is 1. The van der Waals surface area contributed by atoms with Gasteiger partial charge in [0.2, 0.25) is 5.91 Å². The molecule has 0 atom stereocenters. The number of benzene rings is 2. The molecule has 7 nitrogen and oxygen atoms in total. The van der Waals surface area contributed by atoms with E-state index < -0.39 is 5.97 Å². The molecule has 3 aromatic rings. The van der Waals surface area contributed by atoms with Crippen molar-refractivity contribution in [3.05, 3.63) is 70.8 Å². The predicted octanol–water partition coefficient (Wildman–Crippen LogP) is 4.02. The molecule has 1 aliphatic carbocycles. The van der Waals surface area contributed by atoms with Crippen LogP contribution in [0.2, 0.25) is 0 Å². The first-order chi connectivity index (χ1) is 15.5. The monoisotopic (exact) mass is 433 g/mol. The average molecular weight is 434 g/mol. The Hall–Kier alpha value is -3.48. The molecular weight excluding hydrogens is 406 g/mol. The molecule has 4 rings (SSSR count). The fourth-order valence-electron chi connectivity index (χ4n) is 4.30. The molecule has 0 saturated heterocycles. The Labute approximate surface area is 186 Å². The van der Waals surface area contributed by atoms with Crippen LogP contribution in [0, 0.1) is 11.8 Å². The fraction of sp³-hybridized carbons (Fsp3) is 0.360. The van der Waals surface area contributed by atoms with Crippen molar-refractivity contribution in [3.63, 3.8) is 0 Å². The summed E-state index contributed by atoms with van der Waals surface area (Å²) in [6.07, 6.45) is 4.91. The van der Waals surface area contributed by atoms with Crippen LogP contribution in [0.15, 0.2) is 59.7 Å². The van der Waals surface area contributed by atoms with Gasteiger partial charge in [-0.3, -0.25) is 14.2 Å². The van der Waals surface area contributed by atoms with E-state index in [-0.39, 0.29) is 17.4 Å². The lowest BCUT2D eigenvalue weighted by Crippen LogP contribution is -2.30. The van der Waals surface area contributed by atoms with E-state index >= 15 is 0 Å². The lowest BCUT2D eigenvalue weighted by molar-refractivity contribution is -0.121. The summed E-state index contributed by atoms with van der Waals surface area (Å²) in [5, 5.41) is 3.56. The van der Waals surface area contributed by atoms with E-state index in [1.807, 2.05) is 18.2 Å². The van der Waals surface area contributed by atoms with Gasteiger partial charge in [0.15, 0.2) is 0 Å². The fourth-order valence-corrected chi connectivity index (χ4v) is 4.30. The Morgan fingerprint density at radius 1 is 1.09 bits per heavy atom. The van der Waals surface area contributed by atoms with Gasteiger partial charge in [0.05, 0.1) is 29.4 Å². The van der Waals surface area contributed by atoms with Crippen molar-refractivity contribution in [1.82, 2.24) is 9.55 Å². The molecule has 1 aromatic heterocycles. The molecule has 32 heavy (non-hydrogen) atoms. The van der Waals surface area contributed by atoms with E-state index in [9.17, 15) is 14.4 Å². The standard InChI is InChI=1S/C25H27N3O4/c1-2-32-25(31)19-6-5-7-20(14-19)27-23(29)18-12-10-17(11-13-18)15-28-16-26-22-9-4-3-8-21(22)24(28)30/h3-9,14,16-18H,2,10-13,15H2,1H3,(H,27,29). The molecule has 1 fully saturated rings. The minimum absolute atomic E-state index is 0.0167. The number of carbonyl (C=O) groups is 2. The maximum Gasteiger partial charge on any atom is 0.338 e. The van der Waals surface area contributed by atoms with Gasteiger partial charge in [-0.2, -0.15) is 0 Å². The summed E-state index contributed by atoms with van der Waals surface area (Å²) in [7, 11) is 0. The third kappa shape index (κ3) is 4.88. The SMILES string of the molecule is CCOC(=O)c1cccc(NC(=O)C2CCC(Cn3cnc4ccccc4c3=O)CC2)c1. The summed E-state index contributed by atoms with van der Waals surface area (Å²) in [5.74, 6) is -0.174. The summed E-state index contributed by atoms with van der Waals surface area (Å²) < 4.78 is 6.71. The van der Waals surface area contributed by atoms with Crippen LogP contribution in [-0.4, -0.2) is 28.0 Å². The second kappa shape index (κ2) is 9.77. The molecule has 0 radical (unpaired) electrons. The molecule has 0 bridgehead atoms. The molecule has 0 unspecified atom stereocenters. The Balaban J connectivity index is 1.33. The molecule has 2 aromatic carbocycles. The molecule has 1 N–H and O–H groups in total. The van der Waals surface area contributed by atoms with E-state index in [2.05, 4.69) is 10.3 Å². The van der Waals surface area contributed by atoms with Crippen molar-refractivity contribution in [1.29, 1.82) is 0 Å². The number of esters is 1. The minimum atomic E-state index is -0.400. The summed E-state index contributed by atoms with van der Waals surface area (Å²) in [6.45, 7) is 2.68. The number of nitrogens with zero attached hydrogens (tertiary/aromatic N) is 2. The van der Waals surface area contributed by atoms with Crippen LogP contribution in [0.25, 0.3) is 10.9 Å².